The van der Waals surface area contributed by atoms with Crippen LogP contribution in [0.3, 0.4) is 0 Å². The molecule has 5 amide bonds. The fourth-order valence-electron chi connectivity index (χ4n) is 4.12. The number of carbonyl (C=O) groups is 7. The zero-order valence-corrected chi connectivity index (χ0v) is 26.3. The number of aliphatic carboxylic acids is 2. The molecule has 256 valence electrons. The molecule has 0 saturated carbocycles. The highest BCUT2D eigenvalue weighted by molar-refractivity contribution is 7.46. The summed E-state index contributed by atoms with van der Waals surface area (Å²) in [7, 11) is -4.82. The first-order valence-electron chi connectivity index (χ1n) is 14.1. The van der Waals surface area contributed by atoms with Crippen LogP contribution in [0.5, 0.6) is 5.75 Å². The molecule has 0 aliphatic carbocycles. The Balaban J connectivity index is 3.24. The number of carboxylic acids is 2. The molecule has 0 aliphatic rings. The molecule has 46 heavy (non-hydrogen) atoms. The van der Waals surface area contributed by atoms with Crippen LogP contribution in [-0.4, -0.2) is 85.6 Å². The molecule has 5 atom stereocenters. The lowest BCUT2D eigenvalue weighted by Crippen LogP contribution is -2.59. The Morgan fingerprint density at radius 1 is 0.804 bits per heavy atom. The predicted octanol–water partition coefficient (Wildman–Crippen LogP) is -1.08. The summed E-state index contributed by atoms with van der Waals surface area (Å²) in [6.45, 7) is 4.51. The lowest BCUT2D eigenvalue weighted by atomic mass is 9.97. The monoisotopic (exact) mass is 673 g/mol. The molecular weight excluding hydrogens is 633 g/mol. The van der Waals surface area contributed by atoms with Gasteiger partial charge in [-0.15, -0.1) is 0 Å². The molecule has 0 aromatic heterocycles. The number of carbonyl (C=O) groups excluding carboxylic acids is 5. The molecule has 0 radical (unpaired) electrons. The summed E-state index contributed by atoms with van der Waals surface area (Å²) in [6.07, 6.45) is -1.79. The third kappa shape index (κ3) is 15.0. The van der Waals surface area contributed by atoms with Crippen LogP contribution in [0.2, 0.25) is 0 Å². The van der Waals surface area contributed by atoms with Gasteiger partial charge in [-0.25, -0.2) is 4.57 Å². The van der Waals surface area contributed by atoms with Crippen molar-refractivity contribution in [2.45, 2.75) is 83.5 Å². The first-order chi connectivity index (χ1) is 21.3. The van der Waals surface area contributed by atoms with Crippen molar-refractivity contribution in [1.29, 1.82) is 0 Å². The van der Waals surface area contributed by atoms with Crippen LogP contribution in [-0.2, 0) is 44.5 Å². The van der Waals surface area contributed by atoms with Crippen molar-refractivity contribution >= 4 is 49.3 Å². The molecule has 10 N–H and O–H groups in total. The van der Waals surface area contributed by atoms with E-state index in [-0.39, 0.29) is 12.2 Å². The molecule has 18 nitrogen and oxygen atoms in total. The summed E-state index contributed by atoms with van der Waals surface area (Å²) >= 11 is 0. The second kappa shape index (κ2) is 18.4. The van der Waals surface area contributed by atoms with E-state index in [0.717, 1.165) is 6.92 Å². The third-order valence-corrected chi connectivity index (χ3v) is 7.11. The molecule has 0 aliphatic heterocycles. The molecule has 1 rings (SSSR count). The Bertz CT molecular complexity index is 1320. The number of carboxylic acid groups (broad SMARTS) is 2. The maximum atomic E-state index is 13.3. The minimum atomic E-state index is -4.82. The predicted molar refractivity (Wildman–Crippen MR) is 159 cm³/mol. The molecule has 19 heteroatoms. The fraction of sp³-hybridized carbons (Fsp3) is 0.519. The van der Waals surface area contributed by atoms with Crippen LogP contribution in [0, 0.1) is 5.92 Å². The van der Waals surface area contributed by atoms with Gasteiger partial charge >= 0.3 is 19.8 Å². The van der Waals surface area contributed by atoms with Crippen LogP contribution in [0.1, 0.15) is 58.4 Å². The number of phosphoric acid groups is 1. The summed E-state index contributed by atoms with van der Waals surface area (Å²) in [5.74, 6) is -7.57. The van der Waals surface area contributed by atoms with Gasteiger partial charge < -0.3 is 41.7 Å². The lowest BCUT2D eigenvalue weighted by Gasteiger charge is -2.27. The Morgan fingerprint density at radius 3 is 1.65 bits per heavy atom. The van der Waals surface area contributed by atoms with Crippen molar-refractivity contribution in [1.82, 2.24) is 21.3 Å². The van der Waals surface area contributed by atoms with Crippen molar-refractivity contribution in [3.05, 3.63) is 29.8 Å². The molecule has 0 heterocycles. The van der Waals surface area contributed by atoms with Gasteiger partial charge in [-0.05, 0) is 36.5 Å². The Hall–Kier alpha value is -4.54. The zero-order valence-electron chi connectivity index (χ0n) is 25.4. The molecular formula is C27H40N5O13P. The zero-order chi connectivity index (χ0) is 35.2. The number of nitrogens with one attached hydrogen (secondary N) is 4. The number of hydrogen-bond donors (Lipinski definition) is 9. The Kier molecular flexibility index (Phi) is 15.8. The van der Waals surface area contributed by atoms with Gasteiger partial charge in [-0.1, -0.05) is 32.4 Å². The maximum Gasteiger partial charge on any atom is 0.524 e. The van der Waals surface area contributed by atoms with Gasteiger partial charge in [-0.2, -0.15) is 0 Å². The molecule has 0 unspecified atom stereocenters. The Morgan fingerprint density at radius 2 is 1.26 bits per heavy atom. The summed E-state index contributed by atoms with van der Waals surface area (Å²) in [4.78, 5) is 104. The highest BCUT2D eigenvalue weighted by Gasteiger charge is 2.32. The van der Waals surface area contributed by atoms with Crippen molar-refractivity contribution in [3.63, 3.8) is 0 Å². The lowest BCUT2D eigenvalue weighted by molar-refractivity contribution is -0.140. The SMILES string of the molecule is CC[C@H](C)[C@H](NC(=O)[C@H](CCC(=O)O)NC(=O)[C@H](CCC(=O)O)NC(=O)[C@H](Cc1ccc(OP(=O)(O)O)cc1)NC(C)=O)C(N)=O. The molecule has 0 bridgehead atoms. The second-order valence-electron chi connectivity index (χ2n) is 10.4. The number of amides is 5. The topological polar surface area (TPSA) is 301 Å². The number of benzene rings is 1. The van der Waals surface area contributed by atoms with E-state index in [1.165, 1.54) is 24.3 Å². The normalized spacial score (nSPS) is 14.4. The second-order valence-corrected chi connectivity index (χ2v) is 11.6. The number of primary amides is 1. The molecule has 0 spiro atoms. The number of phosphoric ester groups is 1. The highest BCUT2D eigenvalue weighted by Crippen LogP contribution is 2.37. The first kappa shape index (κ1) is 39.5. The van der Waals surface area contributed by atoms with Crippen molar-refractivity contribution in [2.24, 2.45) is 11.7 Å². The summed E-state index contributed by atoms with van der Waals surface area (Å²) in [6, 6.07) is -0.374. The van der Waals surface area contributed by atoms with Crippen LogP contribution < -0.4 is 31.5 Å². The van der Waals surface area contributed by atoms with Crippen LogP contribution in [0.15, 0.2) is 24.3 Å². The molecule has 1 aromatic rings. The van der Waals surface area contributed by atoms with E-state index in [2.05, 4.69) is 25.8 Å². The average molecular weight is 674 g/mol. The van der Waals surface area contributed by atoms with E-state index in [0.29, 0.717) is 12.0 Å². The standard InChI is InChI=1S/C27H40N5O13P/c1-4-14(2)23(24(28)38)32-26(40)19(10-12-22(36)37)30-25(39)18(9-11-21(34)35)31-27(41)20(29-15(3)33)13-16-5-7-17(8-6-16)45-46(42,43)44/h5-8,14,18-20,23H,4,9-13H2,1-3H3,(H2,28,38)(H,29,33)(H,30,39)(H,31,41)(H,32,40)(H,34,35)(H,36,37)(H2,42,43,44)/t14-,18-,19-,20-,23-/m0/s1. The average Bonchev–Trinajstić information content (AvgIpc) is 2.94. The molecule has 1 aromatic carbocycles. The van der Waals surface area contributed by atoms with Crippen molar-refractivity contribution in [2.75, 3.05) is 0 Å². The van der Waals surface area contributed by atoms with Gasteiger partial charge in [0.25, 0.3) is 0 Å². The van der Waals surface area contributed by atoms with Gasteiger partial charge in [0, 0.05) is 26.2 Å². The van der Waals surface area contributed by atoms with E-state index in [1.54, 1.807) is 13.8 Å². The van der Waals surface area contributed by atoms with Crippen LogP contribution >= 0.6 is 7.82 Å². The van der Waals surface area contributed by atoms with Gasteiger partial charge in [0.15, 0.2) is 0 Å². The smallest absolute Gasteiger partial charge is 0.481 e. The van der Waals surface area contributed by atoms with Crippen molar-refractivity contribution < 1.29 is 62.7 Å². The minimum Gasteiger partial charge on any atom is -0.481 e. The third-order valence-electron chi connectivity index (χ3n) is 6.66. The quantitative estimate of drug-likeness (QED) is 0.0745. The number of rotatable bonds is 20. The first-order valence-corrected chi connectivity index (χ1v) is 15.6. The summed E-state index contributed by atoms with van der Waals surface area (Å²) in [5.41, 5.74) is 5.80. The van der Waals surface area contributed by atoms with E-state index >= 15 is 0 Å². The molecule has 0 saturated heterocycles. The van der Waals surface area contributed by atoms with E-state index in [4.69, 9.17) is 20.6 Å². The van der Waals surface area contributed by atoms with Crippen molar-refractivity contribution in [3.8, 4) is 5.75 Å². The Labute approximate surface area is 264 Å². The molecule has 0 fully saturated rings. The van der Waals surface area contributed by atoms with Crippen LogP contribution in [0.25, 0.3) is 0 Å². The maximum absolute atomic E-state index is 13.3. The number of nitrogens with two attached hydrogens (primary N) is 1. The van der Waals surface area contributed by atoms with E-state index in [1.807, 2.05) is 0 Å². The summed E-state index contributed by atoms with van der Waals surface area (Å²) in [5, 5.41) is 27.8. The minimum absolute atomic E-state index is 0.171. The largest absolute Gasteiger partial charge is 0.524 e. The fourth-order valence-corrected chi connectivity index (χ4v) is 4.51. The van der Waals surface area contributed by atoms with E-state index in [9.17, 15) is 43.2 Å². The highest BCUT2D eigenvalue weighted by atomic mass is 31.2. The van der Waals surface area contributed by atoms with Gasteiger partial charge in [0.05, 0.1) is 0 Å². The van der Waals surface area contributed by atoms with E-state index < -0.39 is 105 Å². The van der Waals surface area contributed by atoms with Gasteiger partial charge in [0.2, 0.25) is 29.5 Å². The van der Waals surface area contributed by atoms with Gasteiger partial charge in [0.1, 0.15) is 29.9 Å². The summed E-state index contributed by atoms with van der Waals surface area (Å²) < 4.78 is 15.5. The number of hydrogen-bond acceptors (Lipinski definition) is 9. The van der Waals surface area contributed by atoms with Crippen LogP contribution in [0.4, 0.5) is 0 Å². The van der Waals surface area contributed by atoms with Gasteiger partial charge in [-0.3, -0.25) is 43.3 Å².